The summed E-state index contributed by atoms with van der Waals surface area (Å²) in [5.74, 6) is 0.719. The van der Waals surface area contributed by atoms with Crippen molar-refractivity contribution >= 4 is 34.1 Å². The highest BCUT2D eigenvalue weighted by molar-refractivity contribution is 6.42. The van der Waals surface area contributed by atoms with E-state index in [4.69, 9.17) is 23.2 Å². The lowest BCUT2D eigenvalue weighted by Gasteiger charge is -2.55. The number of rotatable bonds is 4. The fourth-order valence-electron chi connectivity index (χ4n) is 5.56. The molecule has 5 heteroatoms. The van der Waals surface area contributed by atoms with Gasteiger partial charge in [-0.1, -0.05) is 47.5 Å². The predicted octanol–water partition coefficient (Wildman–Crippen LogP) is 5.77. The number of halogens is 2. The Morgan fingerprint density at radius 1 is 1.03 bits per heavy atom. The van der Waals surface area contributed by atoms with Gasteiger partial charge in [-0.3, -0.25) is 4.98 Å². The molecule has 3 aliphatic heterocycles. The van der Waals surface area contributed by atoms with Gasteiger partial charge >= 0.3 is 0 Å². The van der Waals surface area contributed by atoms with Crippen LogP contribution in [0, 0.1) is 5.92 Å². The maximum atomic E-state index is 11.6. The largest absolute Gasteiger partial charge is 0.382 e. The van der Waals surface area contributed by atoms with Crippen LogP contribution >= 0.6 is 23.2 Å². The zero-order valence-corrected chi connectivity index (χ0v) is 17.8. The maximum absolute atomic E-state index is 11.6. The maximum Gasteiger partial charge on any atom is 0.131 e. The smallest absolute Gasteiger partial charge is 0.131 e. The van der Waals surface area contributed by atoms with E-state index in [9.17, 15) is 5.11 Å². The number of hydrogen-bond donors (Lipinski definition) is 1. The molecular formula is C24H25Cl2N2O+. The van der Waals surface area contributed by atoms with Crippen molar-refractivity contribution in [2.24, 2.45) is 5.92 Å². The second-order valence-corrected chi connectivity index (χ2v) is 9.50. The second-order valence-electron chi connectivity index (χ2n) is 8.68. The lowest BCUT2D eigenvalue weighted by Crippen LogP contribution is -2.65. The Morgan fingerprint density at radius 3 is 2.62 bits per heavy atom. The zero-order valence-electron chi connectivity index (χ0n) is 16.3. The number of aromatic nitrogens is 1. The SMILES string of the molecule is O[C@@H](c1ccnc2ccccc12)[C@H]1CC2CC[N+]1(Cc1ccc(Cl)c(Cl)c1)CC2. The second kappa shape index (κ2) is 7.55. The molecule has 2 bridgehead atoms. The first-order valence-electron chi connectivity index (χ1n) is 10.4. The van der Waals surface area contributed by atoms with Gasteiger partial charge in [-0.15, -0.1) is 0 Å². The van der Waals surface area contributed by atoms with Gasteiger partial charge in [-0.25, -0.2) is 0 Å². The molecule has 0 unspecified atom stereocenters. The highest BCUT2D eigenvalue weighted by atomic mass is 35.5. The van der Waals surface area contributed by atoms with Crippen molar-refractivity contribution in [3.05, 3.63) is 75.9 Å². The molecule has 150 valence electrons. The van der Waals surface area contributed by atoms with Crippen LogP contribution in [0.5, 0.6) is 0 Å². The molecule has 1 N–H and O–H groups in total. The van der Waals surface area contributed by atoms with Crippen LogP contribution in [0.1, 0.15) is 36.5 Å². The van der Waals surface area contributed by atoms with Gasteiger partial charge in [0.25, 0.3) is 0 Å². The normalized spacial score (nSPS) is 27.3. The van der Waals surface area contributed by atoms with E-state index in [0.717, 1.165) is 52.9 Å². The Balaban J connectivity index is 1.52. The van der Waals surface area contributed by atoms with Crippen LogP contribution < -0.4 is 0 Å². The van der Waals surface area contributed by atoms with E-state index < -0.39 is 6.10 Å². The molecule has 3 saturated heterocycles. The van der Waals surface area contributed by atoms with Gasteiger partial charge < -0.3 is 9.59 Å². The van der Waals surface area contributed by atoms with Crippen molar-refractivity contribution < 1.29 is 9.59 Å². The van der Waals surface area contributed by atoms with E-state index in [-0.39, 0.29) is 6.04 Å². The van der Waals surface area contributed by atoms with E-state index in [1.807, 2.05) is 42.6 Å². The lowest BCUT2D eigenvalue weighted by molar-refractivity contribution is -0.981. The lowest BCUT2D eigenvalue weighted by atomic mass is 9.76. The quantitative estimate of drug-likeness (QED) is 0.535. The number of hydrogen-bond acceptors (Lipinski definition) is 2. The Labute approximate surface area is 181 Å². The number of nitrogens with zero attached hydrogens (tertiary/aromatic N) is 2. The van der Waals surface area contributed by atoms with Crippen molar-refractivity contribution in [1.82, 2.24) is 4.98 Å². The minimum Gasteiger partial charge on any atom is -0.382 e. The van der Waals surface area contributed by atoms with Crippen molar-refractivity contribution in [2.45, 2.75) is 38.0 Å². The summed E-state index contributed by atoms with van der Waals surface area (Å²) in [6, 6.07) is 16.2. The molecule has 0 radical (unpaired) electrons. The molecule has 29 heavy (non-hydrogen) atoms. The Bertz CT molecular complexity index is 1040. The zero-order chi connectivity index (χ0) is 20.0. The fourth-order valence-corrected chi connectivity index (χ4v) is 5.88. The number of piperidine rings is 3. The van der Waals surface area contributed by atoms with Gasteiger partial charge in [0.1, 0.15) is 18.7 Å². The molecular weight excluding hydrogens is 403 g/mol. The Morgan fingerprint density at radius 2 is 1.83 bits per heavy atom. The van der Waals surface area contributed by atoms with Gasteiger partial charge in [0.15, 0.2) is 0 Å². The molecule has 1 aromatic heterocycles. The highest BCUT2D eigenvalue weighted by Crippen LogP contribution is 2.45. The van der Waals surface area contributed by atoms with E-state index in [0.29, 0.717) is 10.0 Å². The Hall–Kier alpha value is -1.65. The summed E-state index contributed by atoms with van der Waals surface area (Å²) in [6.07, 6.45) is 4.86. The molecule has 0 amide bonds. The first-order chi connectivity index (χ1) is 14.1. The number of aliphatic hydroxyl groups excluding tert-OH is 1. The van der Waals surface area contributed by atoms with Crippen LogP contribution in [0.3, 0.4) is 0 Å². The fraction of sp³-hybridized carbons (Fsp3) is 0.375. The summed E-state index contributed by atoms with van der Waals surface area (Å²) in [7, 11) is 0. The molecule has 3 nitrogen and oxygen atoms in total. The minimum absolute atomic E-state index is 0.183. The number of quaternary nitrogens is 1. The van der Waals surface area contributed by atoms with Gasteiger partial charge in [0.05, 0.1) is 28.7 Å². The molecule has 6 rings (SSSR count). The summed E-state index contributed by atoms with van der Waals surface area (Å²) < 4.78 is 0.923. The molecule has 3 aromatic rings. The minimum atomic E-state index is -0.506. The molecule has 3 aliphatic rings. The van der Waals surface area contributed by atoms with Crippen molar-refractivity contribution in [3.8, 4) is 0 Å². The standard InChI is InChI=1S/C24H25Cl2N2O/c25-20-6-5-17(13-21(20)26)15-28-11-8-16(9-12-28)14-23(28)24(29)19-7-10-27-22-4-2-1-3-18(19)22/h1-7,10,13,16,23-24,29H,8-9,11-12,14-15H2/q+1/t16?,23-,24+,28?/m1/s1. The Kier molecular flexibility index (Phi) is 5.03. The van der Waals surface area contributed by atoms with E-state index in [2.05, 4.69) is 17.1 Å². The van der Waals surface area contributed by atoms with Gasteiger partial charge in [-0.05, 0) is 48.6 Å². The van der Waals surface area contributed by atoms with Crippen molar-refractivity contribution in [3.63, 3.8) is 0 Å². The molecule has 0 saturated carbocycles. The third-order valence-corrected chi connectivity index (χ3v) is 7.83. The summed E-state index contributed by atoms with van der Waals surface area (Å²) in [5.41, 5.74) is 3.13. The van der Waals surface area contributed by atoms with Crippen molar-refractivity contribution in [2.75, 3.05) is 13.1 Å². The molecule has 2 aromatic carbocycles. The highest BCUT2D eigenvalue weighted by Gasteiger charge is 2.50. The average Bonchev–Trinajstić information content (AvgIpc) is 2.76. The van der Waals surface area contributed by atoms with Gasteiger partial charge in [0.2, 0.25) is 0 Å². The summed E-state index contributed by atoms with van der Waals surface area (Å²) in [4.78, 5) is 4.48. The van der Waals surface area contributed by atoms with Gasteiger partial charge in [0, 0.05) is 23.6 Å². The summed E-state index contributed by atoms with van der Waals surface area (Å²) >= 11 is 12.4. The number of pyridine rings is 1. The van der Waals surface area contributed by atoms with Gasteiger partial charge in [-0.2, -0.15) is 0 Å². The monoisotopic (exact) mass is 427 g/mol. The van der Waals surface area contributed by atoms with E-state index in [1.54, 1.807) is 0 Å². The molecule has 0 spiro atoms. The van der Waals surface area contributed by atoms with Crippen LogP contribution in [-0.2, 0) is 6.54 Å². The van der Waals surface area contributed by atoms with Crippen LogP contribution in [-0.4, -0.2) is 33.7 Å². The summed E-state index contributed by atoms with van der Waals surface area (Å²) in [5, 5.41) is 13.9. The molecule has 0 aliphatic carbocycles. The van der Waals surface area contributed by atoms with Crippen LogP contribution in [0.25, 0.3) is 10.9 Å². The molecule has 3 fully saturated rings. The molecule has 2 atom stereocenters. The first-order valence-corrected chi connectivity index (χ1v) is 11.1. The van der Waals surface area contributed by atoms with E-state index in [1.165, 1.54) is 18.4 Å². The third-order valence-electron chi connectivity index (χ3n) is 7.09. The predicted molar refractivity (Wildman–Crippen MR) is 118 cm³/mol. The number of benzene rings is 2. The van der Waals surface area contributed by atoms with E-state index >= 15 is 0 Å². The number of aliphatic hydroxyl groups is 1. The average molecular weight is 428 g/mol. The molecule has 4 heterocycles. The van der Waals surface area contributed by atoms with Crippen LogP contribution in [0.15, 0.2) is 54.7 Å². The first kappa shape index (κ1) is 19.3. The van der Waals surface area contributed by atoms with Crippen LogP contribution in [0.4, 0.5) is 0 Å². The third kappa shape index (κ3) is 3.44. The number of para-hydroxylation sites is 1. The number of fused-ring (bicyclic) bond motifs is 4. The van der Waals surface area contributed by atoms with Crippen molar-refractivity contribution in [1.29, 1.82) is 0 Å². The summed E-state index contributed by atoms with van der Waals surface area (Å²) in [6.45, 7) is 3.10. The van der Waals surface area contributed by atoms with Crippen LogP contribution in [0.2, 0.25) is 10.0 Å². The topological polar surface area (TPSA) is 33.1 Å².